The molecule has 2 atom stereocenters. The molecule has 0 heterocycles. The number of hydrogen-bond acceptors (Lipinski definition) is 4. The number of aryl methyl sites for hydroxylation is 3. The molecule has 0 fully saturated rings. The lowest BCUT2D eigenvalue weighted by atomic mass is 9.93. The number of alkyl carbamates (subject to hydrolysis) is 1. The van der Waals surface area contributed by atoms with Gasteiger partial charge >= 0.3 is 6.09 Å². The molecule has 2 N–H and O–H groups in total. The van der Waals surface area contributed by atoms with E-state index in [9.17, 15) is 14.4 Å². The van der Waals surface area contributed by atoms with Crippen LogP contribution >= 0.6 is 0 Å². The van der Waals surface area contributed by atoms with Crippen LogP contribution in [0.2, 0.25) is 0 Å². The van der Waals surface area contributed by atoms with Gasteiger partial charge in [0.1, 0.15) is 17.7 Å². The van der Waals surface area contributed by atoms with Crippen molar-refractivity contribution in [2.45, 2.75) is 73.1 Å². The van der Waals surface area contributed by atoms with Crippen LogP contribution in [0.1, 0.15) is 62.9 Å². The number of para-hydroxylation sites is 1. The number of amides is 3. The van der Waals surface area contributed by atoms with Crippen LogP contribution in [0.5, 0.6) is 0 Å². The first-order chi connectivity index (χ1) is 15.9. The fraction of sp³-hybridized carbons (Fsp3) is 0.444. The molecule has 0 spiro atoms. The molecule has 7 heteroatoms. The predicted molar refractivity (Wildman–Crippen MR) is 135 cm³/mol. The van der Waals surface area contributed by atoms with Gasteiger partial charge in [-0.05, 0) is 83.7 Å². The molecule has 3 amide bonds. The number of likely N-dealkylation sites (N-methyl/N-ethyl adjacent to an activating group) is 1. The number of ether oxygens (including phenoxy) is 1. The van der Waals surface area contributed by atoms with Gasteiger partial charge in [0.2, 0.25) is 5.91 Å². The normalized spacial score (nSPS) is 12.9. The van der Waals surface area contributed by atoms with E-state index in [0.717, 1.165) is 22.3 Å². The summed E-state index contributed by atoms with van der Waals surface area (Å²) in [5, 5.41) is 5.60. The minimum absolute atomic E-state index is 0.277. The number of nitrogens with one attached hydrogen (secondary N) is 2. The van der Waals surface area contributed by atoms with Gasteiger partial charge in [-0.3, -0.25) is 9.59 Å². The van der Waals surface area contributed by atoms with E-state index in [0.29, 0.717) is 5.69 Å². The lowest BCUT2D eigenvalue weighted by molar-refractivity contribution is -0.140. The monoisotopic (exact) mass is 467 g/mol. The Hall–Kier alpha value is -3.35. The number of anilines is 1. The number of benzene rings is 2. The first-order valence-electron chi connectivity index (χ1n) is 11.6. The topological polar surface area (TPSA) is 87.7 Å². The van der Waals surface area contributed by atoms with Crippen molar-refractivity contribution in [3.63, 3.8) is 0 Å². The minimum atomic E-state index is -0.882. The summed E-state index contributed by atoms with van der Waals surface area (Å²) < 4.78 is 5.29. The predicted octanol–water partition coefficient (Wildman–Crippen LogP) is 5.05. The molecule has 0 aliphatic rings. The van der Waals surface area contributed by atoms with Gasteiger partial charge in [0.15, 0.2) is 0 Å². The number of carbonyl (C=O) groups is 3. The fourth-order valence-electron chi connectivity index (χ4n) is 3.86. The van der Waals surface area contributed by atoms with Crippen LogP contribution in [0.3, 0.4) is 0 Å². The maximum Gasteiger partial charge on any atom is 0.408 e. The van der Waals surface area contributed by atoms with Crippen LogP contribution < -0.4 is 10.6 Å². The van der Waals surface area contributed by atoms with Gasteiger partial charge in [0, 0.05) is 12.2 Å². The van der Waals surface area contributed by atoms with Crippen molar-refractivity contribution in [2.24, 2.45) is 0 Å². The smallest absolute Gasteiger partial charge is 0.408 e. The Morgan fingerprint density at radius 1 is 0.941 bits per heavy atom. The zero-order valence-electron chi connectivity index (χ0n) is 21.5. The molecule has 2 unspecified atom stereocenters. The molecule has 0 saturated heterocycles. The second-order valence-electron chi connectivity index (χ2n) is 9.50. The highest BCUT2D eigenvalue weighted by molar-refractivity contribution is 5.99. The van der Waals surface area contributed by atoms with E-state index in [1.54, 1.807) is 27.7 Å². The zero-order chi connectivity index (χ0) is 25.6. The fourth-order valence-corrected chi connectivity index (χ4v) is 3.86. The van der Waals surface area contributed by atoms with Crippen LogP contribution in [-0.4, -0.2) is 41.0 Å². The van der Waals surface area contributed by atoms with Gasteiger partial charge in [0.05, 0.1) is 0 Å². The van der Waals surface area contributed by atoms with Gasteiger partial charge in [0.25, 0.3) is 5.91 Å². The first kappa shape index (κ1) is 26.9. The quantitative estimate of drug-likeness (QED) is 0.596. The van der Waals surface area contributed by atoms with E-state index in [-0.39, 0.29) is 18.4 Å². The van der Waals surface area contributed by atoms with Crippen molar-refractivity contribution >= 4 is 23.6 Å². The van der Waals surface area contributed by atoms with E-state index in [2.05, 4.69) is 10.6 Å². The number of carbonyl (C=O) groups excluding carboxylic acids is 3. The Morgan fingerprint density at radius 3 is 2.03 bits per heavy atom. The van der Waals surface area contributed by atoms with Gasteiger partial charge in [-0.15, -0.1) is 0 Å². The zero-order valence-corrected chi connectivity index (χ0v) is 21.5. The van der Waals surface area contributed by atoms with E-state index >= 15 is 0 Å². The summed E-state index contributed by atoms with van der Waals surface area (Å²) in [7, 11) is 0. The largest absolute Gasteiger partial charge is 0.444 e. The van der Waals surface area contributed by atoms with Crippen LogP contribution in [0, 0.1) is 20.8 Å². The number of nitrogens with zero attached hydrogens (tertiary/aromatic N) is 1. The third-order valence-electron chi connectivity index (χ3n) is 5.51. The molecule has 184 valence electrons. The Bertz CT molecular complexity index is 1020. The van der Waals surface area contributed by atoms with Crippen molar-refractivity contribution in [1.29, 1.82) is 0 Å². The molecule has 0 bridgehead atoms. The van der Waals surface area contributed by atoms with Crippen molar-refractivity contribution in [3.05, 3.63) is 64.7 Å². The Labute approximate surface area is 202 Å². The van der Waals surface area contributed by atoms with Crippen molar-refractivity contribution in [3.8, 4) is 0 Å². The molecule has 2 aromatic rings. The second kappa shape index (κ2) is 11.2. The summed E-state index contributed by atoms with van der Waals surface area (Å²) in [5.41, 5.74) is 3.50. The SMILES string of the molecule is CCN(C(=O)C(C)NC(=O)OC(C)(C)C)C(C(=O)Nc1ccccc1C)c1c(C)cccc1C. The van der Waals surface area contributed by atoms with Crippen LogP contribution in [0.4, 0.5) is 10.5 Å². The minimum Gasteiger partial charge on any atom is -0.444 e. The van der Waals surface area contributed by atoms with E-state index in [4.69, 9.17) is 4.74 Å². The Kier molecular flexibility index (Phi) is 8.85. The molecule has 2 aromatic carbocycles. The molecule has 7 nitrogen and oxygen atoms in total. The van der Waals surface area contributed by atoms with E-state index < -0.39 is 23.8 Å². The number of hydrogen-bond donors (Lipinski definition) is 2. The highest BCUT2D eigenvalue weighted by atomic mass is 16.6. The van der Waals surface area contributed by atoms with Gasteiger partial charge in [-0.25, -0.2) is 4.79 Å². The van der Waals surface area contributed by atoms with E-state index in [1.807, 2.05) is 70.2 Å². The molecule has 2 rings (SSSR count). The third kappa shape index (κ3) is 6.83. The van der Waals surface area contributed by atoms with E-state index in [1.165, 1.54) is 4.90 Å². The summed E-state index contributed by atoms with van der Waals surface area (Å²) >= 11 is 0. The lowest BCUT2D eigenvalue weighted by Gasteiger charge is -2.34. The molecule has 0 aliphatic carbocycles. The molecule has 0 saturated carbocycles. The van der Waals surface area contributed by atoms with Gasteiger partial charge < -0.3 is 20.3 Å². The second-order valence-corrected chi connectivity index (χ2v) is 9.50. The van der Waals surface area contributed by atoms with Crippen LogP contribution in [0.15, 0.2) is 42.5 Å². The highest BCUT2D eigenvalue weighted by Crippen LogP contribution is 2.30. The average Bonchev–Trinajstić information content (AvgIpc) is 2.72. The maximum atomic E-state index is 13.7. The Morgan fingerprint density at radius 2 is 1.50 bits per heavy atom. The van der Waals surface area contributed by atoms with Gasteiger partial charge in [-0.2, -0.15) is 0 Å². The average molecular weight is 468 g/mol. The molecular weight excluding hydrogens is 430 g/mol. The Balaban J connectivity index is 2.43. The third-order valence-corrected chi connectivity index (χ3v) is 5.51. The molecule has 0 aromatic heterocycles. The summed E-state index contributed by atoms with van der Waals surface area (Å²) in [6.45, 7) is 14.7. The summed E-state index contributed by atoms with van der Waals surface area (Å²) in [6, 6.07) is 11.5. The summed E-state index contributed by atoms with van der Waals surface area (Å²) in [4.78, 5) is 41.0. The molecule has 0 aliphatic heterocycles. The van der Waals surface area contributed by atoms with Crippen LogP contribution in [0.25, 0.3) is 0 Å². The maximum absolute atomic E-state index is 13.7. The lowest BCUT2D eigenvalue weighted by Crippen LogP contribution is -2.51. The van der Waals surface area contributed by atoms with Crippen molar-refractivity contribution < 1.29 is 19.1 Å². The standard InChI is InChI=1S/C27H37N3O4/c1-9-30(25(32)20(5)28-26(33)34-27(6,7)8)23(22-18(3)14-12-15-19(22)4)24(31)29-21-16-11-10-13-17(21)2/h10-16,20,23H,9H2,1-8H3,(H,28,33)(H,29,31). The summed E-state index contributed by atoms with van der Waals surface area (Å²) in [6.07, 6.45) is -0.683. The number of rotatable bonds is 7. The molecule has 34 heavy (non-hydrogen) atoms. The molecule has 0 radical (unpaired) electrons. The summed E-state index contributed by atoms with van der Waals surface area (Å²) in [5.74, 6) is -0.688. The first-order valence-corrected chi connectivity index (χ1v) is 11.6. The van der Waals surface area contributed by atoms with Crippen LogP contribution in [-0.2, 0) is 14.3 Å². The van der Waals surface area contributed by atoms with Gasteiger partial charge in [-0.1, -0.05) is 36.4 Å². The highest BCUT2D eigenvalue weighted by Gasteiger charge is 2.35. The van der Waals surface area contributed by atoms with Crippen molar-refractivity contribution in [1.82, 2.24) is 10.2 Å². The van der Waals surface area contributed by atoms with Crippen molar-refractivity contribution in [2.75, 3.05) is 11.9 Å². The molecular formula is C27H37N3O4.